The summed E-state index contributed by atoms with van der Waals surface area (Å²) in [6.07, 6.45) is 8.27. The molecule has 2 fully saturated rings. The van der Waals surface area contributed by atoms with Gasteiger partial charge in [-0.2, -0.15) is 10.4 Å². The first-order valence-electron chi connectivity index (χ1n) is 10.8. The Hall–Kier alpha value is -2.91. The second-order valence-corrected chi connectivity index (χ2v) is 9.25. The number of nitrogens with zero attached hydrogens (tertiary/aromatic N) is 4. The molecule has 0 radical (unpaired) electrons. The number of aryl methyl sites for hydroxylation is 1. The van der Waals surface area contributed by atoms with Crippen LogP contribution >= 0.6 is 11.6 Å². The molecular formula is C24H24ClN5O. The van der Waals surface area contributed by atoms with Crippen LogP contribution in [-0.4, -0.2) is 20.7 Å². The zero-order valence-electron chi connectivity index (χ0n) is 17.5. The Bertz CT molecular complexity index is 1210. The van der Waals surface area contributed by atoms with Gasteiger partial charge < -0.3 is 5.32 Å². The van der Waals surface area contributed by atoms with Crippen molar-refractivity contribution < 1.29 is 4.79 Å². The van der Waals surface area contributed by atoms with Crippen LogP contribution in [-0.2, 0) is 11.8 Å². The maximum absolute atomic E-state index is 13.0. The third kappa shape index (κ3) is 3.57. The molecule has 2 aliphatic rings. The molecule has 31 heavy (non-hydrogen) atoms. The number of fused-ring (bicyclic) bond motifs is 1. The first-order valence-corrected chi connectivity index (χ1v) is 11.1. The summed E-state index contributed by atoms with van der Waals surface area (Å²) in [5.74, 6) is 1.52. The summed E-state index contributed by atoms with van der Waals surface area (Å²) in [6, 6.07) is 8.25. The number of benzene rings is 1. The molecule has 6 nitrogen and oxygen atoms in total. The van der Waals surface area contributed by atoms with Crippen molar-refractivity contribution in [1.82, 2.24) is 14.8 Å². The molecule has 2 heterocycles. The van der Waals surface area contributed by atoms with Crippen LogP contribution in [0.15, 0.2) is 36.8 Å². The van der Waals surface area contributed by atoms with Crippen LogP contribution in [0.4, 0.5) is 5.82 Å². The first kappa shape index (κ1) is 20.0. The number of amides is 1. The third-order valence-corrected chi connectivity index (χ3v) is 7.23. The minimum atomic E-state index is -0.0506. The second kappa shape index (κ2) is 7.65. The van der Waals surface area contributed by atoms with Gasteiger partial charge in [-0.05, 0) is 59.4 Å². The SMILES string of the molecule is CCC1C(C(=O)Nc2cc3cc([C@H]4C[C@@H](C#N)C4)c(Cl)cc3cn2)C1c1cnn(C)c1. The van der Waals surface area contributed by atoms with Crippen molar-refractivity contribution in [2.24, 2.45) is 24.8 Å². The van der Waals surface area contributed by atoms with Gasteiger partial charge in [0.25, 0.3) is 0 Å². The lowest BCUT2D eigenvalue weighted by Gasteiger charge is -2.31. The predicted octanol–water partition coefficient (Wildman–Crippen LogP) is 5.02. The Morgan fingerprint density at radius 3 is 2.77 bits per heavy atom. The molecule has 3 atom stereocenters. The quantitative estimate of drug-likeness (QED) is 0.612. The maximum atomic E-state index is 13.0. The smallest absolute Gasteiger partial charge is 0.229 e. The minimum Gasteiger partial charge on any atom is -0.310 e. The number of rotatable bonds is 5. The van der Waals surface area contributed by atoms with Gasteiger partial charge in [-0.1, -0.05) is 24.9 Å². The Balaban J connectivity index is 1.35. The summed E-state index contributed by atoms with van der Waals surface area (Å²) in [6.45, 7) is 2.12. The van der Waals surface area contributed by atoms with Gasteiger partial charge in [-0.3, -0.25) is 9.48 Å². The van der Waals surface area contributed by atoms with Crippen LogP contribution in [0.2, 0.25) is 5.02 Å². The van der Waals surface area contributed by atoms with Crippen LogP contribution in [0.25, 0.3) is 10.8 Å². The molecular weight excluding hydrogens is 410 g/mol. The predicted molar refractivity (Wildman–Crippen MR) is 120 cm³/mol. The Morgan fingerprint density at radius 1 is 1.29 bits per heavy atom. The van der Waals surface area contributed by atoms with E-state index in [1.165, 1.54) is 0 Å². The minimum absolute atomic E-state index is 0.0117. The molecule has 5 rings (SSSR count). The fourth-order valence-electron chi connectivity index (χ4n) is 5.06. The van der Waals surface area contributed by atoms with Crippen molar-refractivity contribution in [3.8, 4) is 6.07 Å². The molecule has 1 aromatic carbocycles. The summed E-state index contributed by atoms with van der Waals surface area (Å²) in [5, 5.41) is 19.0. The molecule has 7 heteroatoms. The number of carbonyl (C=O) groups is 1. The lowest BCUT2D eigenvalue weighted by Crippen LogP contribution is -2.20. The van der Waals surface area contributed by atoms with Gasteiger partial charge in [0.15, 0.2) is 0 Å². The number of halogens is 1. The van der Waals surface area contributed by atoms with Gasteiger partial charge in [-0.15, -0.1) is 0 Å². The third-order valence-electron chi connectivity index (χ3n) is 6.90. The van der Waals surface area contributed by atoms with E-state index in [0.717, 1.165) is 46.2 Å². The number of hydrogen-bond donors (Lipinski definition) is 1. The van der Waals surface area contributed by atoms with Crippen molar-refractivity contribution in [2.45, 2.75) is 38.0 Å². The Kier molecular flexibility index (Phi) is 4.94. The van der Waals surface area contributed by atoms with Gasteiger partial charge in [0, 0.05) is 47.6 Å². The molecule has 0 bridgehead atoms. The van der Waals surface area contributed by atoms with E-state index in [2.05, 4.69) is 34.5 Å². The lowest BCUT2D eigenvalue weighted by atomic mass is 9.72. The zero-order valence-corrected chi connectivity index (χ0v) is 18.3. The summed E-state index contributed by atoms with van der Waals surface area (Å²) in [4.78, 5) is 17.4. The molecule has 1 N–H and O–H groups in total. The molecule has 0 aliphatic heterocycles. The number of anilines is 1. The maximum Gasteiger partial charge on any atom is 0.229 e. The number of carbonyl (C=O) groups excluding carboxylic acids is 1. The highest BCUT2D eigenvalue weighted by molar-refractivity contribution is 6.32. The average Bonchev–Trinajstić information content (AvgIpc) is 3.31. The molecule has 0 spiro atoms. The van der Waals surface area contributed by atoms with Gasteiger partial charge in [0.2, 0.25) is 5.91 Å². The fraction of sp³-hybridized carbons (Fsp3) is 0.417. The molecule has 2 aliphatic carbocycles. The van der Waals surface area contributed by atoms with Crippen LogP contribution < -0.4 is 5.32 Å². The van der Waals surface area contributed by atoms with Crippen molar-refractivity contribution in [2.75, 3.05) is 5.32 Å². The number of hydrogen-bond acceptors (Lipinski definition) is 4. The van der Waals surface area contributed by atoms with Gasteiger partial charge in [-0.25, -0.2) is 4.98 Å². The summed E-state index contributed by atoms with van der Waals surface area (Å²) in [5.41, 5.74) is 2.20. The molecule has 1 amide bonds. The van der Waals surface area contributed by atoms with Crippen LogP contribution in [0, 0.1) is 29.1 Å². The fourth-order valence-corrected chi connectivity index (χ4v) is 5.38. The number of nitrogens with one attached hydrogen (secondary N) is 1. The zero-order chi connectivity index (χ0) is 21.7. The van der Waals surface area contributed by atoms with Crippen molar-refractivity contribution in [3.63, 3.8) is 0 Å². The van der Waals surface area contributed by atoms with Crippen molar-refractivity contribution >= 4 is 34.1 Å². The number of nitriles is 1. The highest BCUT2D eigenvalue weighted by Gasteiger charge is 2.54. The second-order valence-electron chi connectivity index (χ2n) is 8.85. The largest absolute Gasteiger partial charge is 0.310 e. The monoisotopic (exact) mass is 433 g/mol. The van der Waals surface area contributed by atoms with Crippen LogP contribution in [0.3, 0.4) is 0 Å². The summed E-state index contributed by atoms with van der Waals surface area (Å²) < 4.78 is 1.78. The Morgan fingerprint density at radius 2 is 2.10 bits per heavy atom. The van der Waals surface area contributed by atoms with Crippen LogP contribution in [0.5, 0.6) is 0 Å². The molecule has 2 saturated carbocycles. The van der Waals surface area contributed by atoms with E-state index < -0.39 is 0 Å². The summed E-state index contributed by atoms with van der Waals surface area (Å²) >= 11 is 6.50. The van der Waals surface area contributed by atoms with E-state index in [1.807, 2.05) is 31.6 Å². The first-order chi connectivity index (χ1) is 15.0. The highest BCUT2D eigenvalue weighted by Crippen LogP contribution is 2.56. The van der Waals surface area contributed by atoms with Crippen LogP contribution in [0.1, 0.15) is 49.1 Å². The number of pyridine rings is 1. The normalized spacial score (nSPS) is 26.8. The van der Waals surface area contributed by atoms with E-state index in [-0.39, 0.29) is 23.7 Å². The lowest BCUT2D eigenvalue weighted by molar-refractivity contribution is -0.117. The molecule has 3 unspecified atom stereocenters. The Labute approximate surface area is 186 Å². The van der Waals surface area contributed by atoms with E-state index in [1.54, 1.807) is 10.9 Å². The number of aromatic nitrogens is 3. The topological polar surface area (TPSA) is 83.6 Å². The van der Waals surface area contributed by atoms with E-state index in [4.69, 9.17) is 16.9 Å². The summed E-state index contributed by atoms with van der Waals surface area (Å²) in [7, 11) is 1.89. The van der Waals surface area contributed by atoms with E-state index in [9.17, 15) is 4.79 Å². The average molecular weight is 434 g/mol. The molecule has 158 valence electrons. The standard InChI is InChI=1S/C24H24ClN5O/c1-3-18-22(17-11-28-30(2)12-17)23(18)24(31)29-21-8-14-6-19(15-4-13(5-15)9-26)20(25)7-16(14)10-27-21/h6-8,10-13,15,18,22-23H,3-5H2,1-2H3,(H,27,29,31)/t13-,15+,18?,22?,23?. The van der Waals surface area contributed by atoms with E-state index in [0.29, 0.717) is 17.7 Å². The molecule has 3 aromatic rings. The van der Waals surface area contributed by atoms with E-state index >= 15 is 0 Å². The van der Waals surface area contributed by atoms with Crippen molar-refractivity contribution in [1.29, 1.82) is 5.26 Å². The molecule has 2 aromatic heterocycles. The highest BCUT2D eigenvalue weighted by atomic mass is 35.5. The molecule has 0 saturated heterocycles. The van der Waals surface area contributed by atoms with Crippen molar-refractivity contribution in [3.05, 3.63) is 52.9 Å². The van der Waals surface area contributed by atoms with Gasteiger partial charge in [0.1, 0.15) is 5.82 Å². The van der Waals surface area contributed by atoms with Gasteiger partial charge >= 0.3 is 0 Å². The van der Waals surface area contributed by atoms with Gasteiger partial charge in [0.05, 0.1) is 12.3 Å².